The van der Waals surface area contributed by atoms with Crippen LogP contribution < -0.4 is 0 Å². The van der Waals surface area contributed by atoms with Crippen molar-refractivity contribution in [3.05, 3.63) is 23.8 Å². The third-order valence-corrected chi connectivity index (χ3v) is 6.96. The summed E-state index contributed by atoms with van der Waals surface area (Å²) in [6.07, 6.45) is 7.28. The molecule has 2 aliphatic rings. The van der Waals surface area contributed by atoms with Gasteiger partial charge in [-0.15, -0.1) is 0 Å². The van der Waals surface area contributed by atoms with Crippen LogP contribution in [0, 0.1) is 22.7 Å². The van der Waals surface area contributed by atoms with Crippen LogP contribution in [0.1, 0.15) is 59.3 Å². The van der Waals surface area contributed by atoms with Crippen molar-refractivity contribution in [2.24, 2.45) is 22.7 Å². The lowest BCUT2D eigenvalue weighted by Crippen LogP contribution is -2.57. The van der Waals surface area contributed by atoms with E-state index < -0.39 is 11.5 Å². The summed E-state index contributed by atoms with van der Waals surface area (Å²) in [5.41, 5.74) is 2.26. The zero-order valence-electron chi connectivity index (χ0n) is 15.0. The van der Waals surface area contributed by atoms with Crippen molar-refractivity contribution >= 4 is 0 Å². The zero-order valence-corrected chi connectivity index (χ0v) is 15.0. The molecule has 0 aromatic carbocycles. The SMILES string of the molecule is C=C1CCC2C(C)(CO)C(O)CCC2(C)C1CC/C(C)=C/CO. The van der Waals surface area contributed by atoms with Crippen molar-refractivity contribution in [2.75, 3.05) is 13.2 Å². The number of allylic oxidation sites excluding steroid dienone is 2. The Labute approximate surface area is 141 Å². The van der Waals surface area contributed by atoms with Gasteiger partial charge in [-0.25, -0.2) is 0 Å². The molecule has 5 unspecified atom stereocenters. The van der Waals surface area contributed by atoms with Crippen molar-refractivity contribution in [1.29, 1.82) is 0 Å². The third-order valence-electron chi connectivity index (χ3n) is 6.96. The molecule has 132 valence electrons. The molecule has 3 heteroatoms. The van der Waals surface area contributed by atoms with Gasteiger partial charge in [0.2, 0.25) is 0 Å². The molecule has 3 N–H and O–H groups in total. The average Bonchev–Trinajstić information content (AvgIpc) is 2.51. The predicted octanol–water partition coefficient (Wildman–Crippen LogP) is 3.45. The lowest BCUT2D eigenvalue weighted by molar-refractivity contribution is -0.152. The number of fused-ring (bicyclic) bond motifs is 1. The van der Waals surface area contributed by atoms with Gasteiger partial charge in [-0.3, -0.25) is 0 Å². The van der Waals surface area contributed by atoms with Crippen LogP contribution in [-0.4, -0.2) is 34.6 Å². The van der Waals surface area contributed by atoms with Gasteiger partial charge in [0.25, 0.3) is 0 Å². The molecular weight excluding hydrogens is 288 g/mol. The molecule has 2 saturated carbocycles. The van der Waals surface area contributed by atoms with Crippen LogP contribution in [0.5, 0.6) is 0 Å². The number of rotatable bonds is 5. The number of hydrogen-bond acceptors (Lipinski definition) is 3. The molecule has 0 amide bonds. The largest absolute Gasteiger partial charge is 0.396 e. The molecule has 2 fully saturated rings. The maximum Gasteiger partial charge on any atom is 0.0618 e. The number of aliphatic hydroxyl groups is 3. The molecule has 5 atom stereocenters. The second-order valence-corrected chi connectivity index (χ2v) is 8.30. The summed E-state index contributed by atoms with van der Waals surface area (Å²) >= 11 is 0. The lowest BCUT2D eigenvalue weighted by Gasteiger charge is -2.60. The van der Waals surface area contributed by atoms with E-state index >= 15 is 0 Å². The normalized spacial score (nSPS) is 41.7. The molecule has 2 rings (SSSR count). The van der Waals surface area contributed by atoms with Gasteiger partial charge in [0, 0.05) is 5.41 Å². The molecule has 23 heavy (non-hydrogen) atoms. The Kier molecular flexibility index (Phi) is 5.76. The van der Waals surface area contributed by atoms with Gasteiger partial charge < -0.3 is 15.3 Å². The van der Waals surface area contributed by atoms with Crippen molar-refractivity contribution < 1.29 is 15.3 Å². The van der Waals surface area contributed by atoms with E-state index in [4.69, 9.17) is 5.11 Å². The second-order valence-electron chi connectivity index (χ2n) is 8.30. The van der Waals surface area contributed by atoms with E-state index in [0.29, 0.717) is 11.8 Å². The van der Waals surface area contributed by atoms with E-state index in [-0.39, 0.29) is 18.6 Å². The fourth-order valence-corrected chi connectivity index (χ4v) is 5.36. The average molecular weight is 322 g/mol. The van der Waals surface area contributed by atoms with E-state index in [1.807, 2.05) is 6.08 Å². The van der Waals surface area contributed by atoms with Gasteiger partial charge in [0.15, 0.2) is 0 Å². The highest BCUT2D eigenvalue weighted by molar-refractivity contribution is 5.18. The van der Waals surface area contributed by atoms with Crippen LogP contribution in [0.15, 0.2) is 23.8 Å². The standard InChI is InChI=1S/C20H34O3/c1-14(10-12-21)5-7-16-15(2)6-8-17-19(16,3)11-9-18(23)20(17,4)13-22/h10,16-18,21-23H,2,5-9,11-13H2,1,3-4H3/b14-10+. The number of hydrogen-bond donors (Lipinski definition) is 3. The van der Waals surface area contributed by atoms with Crippen molar-refractivity contribution in [3.8, 4) is 0 Å². The van der Waals surface area contributed by atoms with Crippen LogP contribution in [0.25, 0.3) is 0 Å². The maximum absolute atomic E-state index is 10.5. The highest BCUT2D eigenvalue weighted by Gasteiger charge is 2.57. The van der Waals surface area contributed by atoms with Crippen LogP contribution >= 0.6 is 0 Å². The predicted molar refractivity (Wildman–Crippen MR) is 94.0 cm³/mol. The molecule has 0 heterocycles. The summed E-state index contributed by atoms with van der Waals surface area (Å²) in [5, 5.41) is 29.5. The third kappa shape index (κ3) is 3.29. The molecule has 0 spiro atoms. The van der Waals surface area contributed by atoms with Gasteiger partial charge in [-0.2, -0.15) is 0 Å². The maximum atomic E-state index is 10.5. The molecule has 0 aliphatic heterocycles. The molecule has 2 aliphatic carbocycles. The summed E-state index contributed by atoms with van der Waals surface area (Å²) in [4.78, 5) is 0. The first-order valence-electron chi connectivity index (χ1n) is 9.02. The Hall–Kier alpha value is -0.640. The summed E-state index contributed by atoms with van der Waals surface area (Å²) < 4.78 is 0. The molecule has 0 radical (unpaired) electrons. The summed E-state index contributed by atoms with van der Waals surface area (Å²) in [6.45, 7) is 11.0. The first-order valence-corrected chi connectivity index (χ1v) is 9.02. The molecule has 0 saturated heterocycles. The summed E-state index contributed by atoms with van der Waals surface area (Å²) in [5.74, 6) is 0.767. The lowest BCUT2D eigenvalue weighted by atomic mass is 9.46. The quantitative estimate of drug-likeness (QED) is 0.679. The van der Waals surface area contributed by atoms with E-state index in [1.54, 1.807) is 0 Å². The Balaban J connectivity index is 2.25. The van der Waals surface area contributed by atoms with E-state index in [2.05, 4.69) is 27.4 Å². The van der Waals surface area contributed by atoms with Gasteiger partial charge in [-0.05, 0) is 62.7 Å². The Bertz CT molecular complexity index is 470. The molecule has 0 bridgehead atoms. The van der Waals surface area contributed by atoms with Gasteiger partial charge in [0.1, 0.15) is 0 Å². The van der Waals surface area contributed by atoms with Crippen LogP contribution in [0.2, 0.25) is 0 Å². The summed E-state index contributed by atoms with van der Waals surface area (Å²) in [7, 11) is 0. The second kappa shape index (κ2) is 7.08. The fraction of sp³-hybridized carbons (Fsp3) is 0.800. The van der Waals surface area contributed by atoms with Gasteiger partial charge in [-0.1, -0.05) is 37.6 Å². The van der Waals surface area contributed by atoms with E-state index in [9.17, 15) is 10.2 Å². The van der Waals surface area contributed by atoms with Crippen molar-refractivity contribution in [1.82, 2.24) is 0 Å². The Morgan fingerprint density at radius 3 is 2.61 bits per heavy atom. The smallest absolute Gasteiger partial charge is 0.0618 e. The van der Waals surface area contributed by atoms with Crippen molar-refractivity contribution in [3.63, 3.8) is 0 Å². The number of aliphatic hydroxyl groups excluding tert-OH is 3. The first-order chi connectivity index (χ1) is 10.8. The fourth-order valence-electron chi connectivity index (χ4n) is 5.36. The summed E-state index contributed by atoms with van der Waals surface area (Å²) in [6, 6.07) is 0. The minimum atomic E-state index is -0.409. The highest BCUT2D eigenvalue weighted by Crippen LogP contribution is 2.61. The van der Waals surface area contributed by atoms with Gasteiger partial charge >= 0.3 is 0 Å². The minimum absolute atomic E-state index is 0.0526. The van der Waals surface area contributed by atoms with Crippen LogP contribution in [0.3, 0.4) is 0 Å². The zero-order chi connectivity index (χ0) is 17.3. The Morgan fingerprint density at radius 1 is 1.30 bits per heavy atom. The Morgan fingerprint density at radius 2 is 2.00 bits per heavy atom. The van der Waals surface area contributed by atoms with E-state index in [0.717, 1.165) is 38.5 Å². The molecule has 0 aromatic rings. The van der Waals surface area contributed by atoms with Gasteiger partial charge in [0.05, 0.1) is 19.3 Å². The van der Waals surface area contributed by atoms with E-state index in [1.165, 1.54) is 11.1 Å². The molecule has 3 nitrogen and oxygen atoms in total. The minimum Gasteiger partial charge on any atom is -0.396 e. The first kappa shape index (κ1) is 18.7. The van der Waals surface area contributed by atoms with Crippen LogP contribution in [-0.2, 0) is 0 Å². The highest BCUT2D eigenvalue weighted by atomic mass is 16.3. The monoisotopic (exact) mass is 322 g/mol. The topological polar surface area (TPSA) is 60.7 Å². The molecule has 0 aromatic heterocycles. The van der Waals surface area contributed by atoms with Crippen molar-refractivity contribution in [2.45, 2.75) is 65.4 Å². The molecular formula is C20H34O3. The van der Waals surface area contributed by atoms with Crippen LogP contribution in [0.4, 0.5) is 0 Å².